The van der Waals surface area contributed by atoms with Gasteiger partial charge in [-0.25, -0.2) is 0 Å². The molecule has 1 aliphatic rings. The molecule has 0 spiro atoms. The predicted molar refractivity (Wildman–Crippen MR) is 86.8 cm³/mol. The highest BCUT2D eigenvalue weighted by atomic mass is 35.5. The Morgan fingerprint density at radius 1 is 1.15 bits per heavy atom. The highest BCUT2D eigenvalue weighted by Gasteiger charge is 2.19. The van der Waals surface area contributed by atoms with E-state index in [1.54, 1.807) is 0 Å². The summed E-state index contributed by atoms with van der Waals surface area (Å²) in [6, 6.07) is 14.9. The van der Waals surface area contributed by atoms with Crippen molar-refractivity contribution in [2.24, 2.45) is 0 Å². The summed E-state index contributed by atoms with van der Waals surface area (Å²) in [5.74, 6) is 0.610. The summed E-state index contributed by atoms with van der Waals surface area (Å²) in [7, 11) is 0. The Morgan fingerprint density at radius 3 is 2.90 bits per heavy atom. The van der Waals surface area contributed by atoms with Gasteiger partial charge in [-0.2, -0.15) is 0 Å². The third-order valence-corrected chi connectivity index (χ3v) is 4.71. The molecule has 0 fully saturated rings. The van der Waals surface area contributed by atoms with E-state index in [0.29, 0.717) is 5.92 Å². The molecule has 0 aliphatic heterocycles. The molecule has 3 rings (SSSR count). The minimum Gasteiger partial charge on any atom is -0.384 e. The second-order valence-electron chi connectivity index (χ2n) is 5.58. The van der Waals surface area contributed by atoms with Gasteiger partial charge in [0.15, 0.2) is 0 Å². The standard InChI is InChI=1S/C18H20ClN/c1-13-17(19)10-5-11-18(13)20-12-15-8-4-7-14-6-2-3-9-16(14)15/h2-3,5-6,9-11,15,20H,4,7-8,12H2,1H3. The average Bonchev–Trinajstić information content (AvgIpc) is 2.49. The normalized spacial score (nSPS) is 17.6. The van der Waals surface area contributed by atoms with Crippen molar-refractivity contribution >= 4 is 17.3 Å². The molecule has 2 aromatic carbocycles. The van der Waals surface area contributed by atoms with Crippen LogP contribution in [-0.4, -0.2) is 6.54 Å². The van der Waals surface area contributed by atoms with Crippen molar-refractivity contribution in [2.45, 2.75) is 32.1 Å². The lowest BCUT2D eigenvalue weighted by Gasteiger charge is -2.26. The molecular weight excluding hydrogens is 266 g/mol. The van der Waals surface area contributed by atoms with Crippen molar-refractivity contribution in [3.05, 3.63) is 64.2 Å². The third-order valence-electron chi connectivity index (χ3n) is 4.30. The Hall–Kier alpha value is -1.47. The molecule has 0 amide bonds. The lowest BCUT2D eigenvalue weighted by Crippen LogP contribution is -2.18. The molecule has 1 atom stereocenters. The number of nitrogens with one attached hydrogen (secondary N) is 1. The molecule has 1 N–H and O–H groups in total. The highest BCUT2D eigenvalue weighted by Crippen LogP contribution is 2.32. The zero-order chi connectivity index (χ0) is 13.9. The van der Waals surface area contributed by atoms with Crippen LogP contribution in [0.4, 0.5) is 5.69 Å². The van der Waals surface area contributed by atoms with Crippen molar-refractivity contribution in [3.63, 3.8) is 0 Å². The minimum absolute atomic E-state index is 0.610. The fourth-order valence-corrected chi connectivity index (χ4v) is 3.27. The Kier molecular flexibility index (Phi) is 3.98. The lowest BCUT2D eigenvalue weighted by atomic mass is 9.83. The van der Waals surface area contributed by atoms with Crippen molar-refractivity contribution in [2.75, 3.05) is 11.9 Å². The van der Waals surface area contributed by atoms with E-state index in [4.69, 9.17) is 11.6 Å². The van der Waals surface area contributed by atoms with Gasteiger partial charge in [-0.15, -0.1) is 0 Å². The van der Waals surface area contributed by atoms with E-state index < -0.39 is 0 Å². The summed E-state index contributed by atoms with van der Waals surface area (Å²) >= 11 is 6.18. The fourth-order valence-electron chi connectivity index (χ4n) is 3.10. The predicted octanol–water partition coefficient (Wildman–Crippen LogP) is 5.18. The van der Waals surface area contributed by atoms with Crippen LogP contribution in [0, 0.1) is 6.92 Å². The van der Waals surface area contributed by atoms with Gasteiger partial charge in [0.25, 0.3) is 0 Å². The average molecular weight is 286 g/mol. The molecule has 104 valence electrons. The van der Waals surface area contributed by atoms with Crippen LogP contribution in [0.25, 0.3) is 0 Å². The van der Waals surface area contributed by atoms with Crippen LogP contribution < -0.4 is 5.32 Å². The Morgan fingerprint density at radius 2 is 2.00 bits per heavy atom. The van der Waals surface area contributed by atoms with Crippen molar-refractivity contribution < 1.29 is 0 Å². The number of rotatable bonds is 3. The van der Waals surface area contributed by atoms with Gasteiger partial charge < -0.3 is 5.32 Å². The largest absolute Gasteiger partial charge is 0.384 e. The first-order valence-electron chi connectivity index (χ1n) is 7.32. The summed E-state index contributed by atoms with van der Waals surface area (Å²) in [4.78, 5) is 0. The Balaban J connectivity index is 1.75. The first-order valence-corrected chi connectivity index (χ1v) is 7.70. The summed E-state index contributed by atoms with van der Waals surface area (Å²) in [5, 5.41) is 4.41. The smallest absolute Gasteiger partial charge is 0.0455 e. The van der Waals surface area contributed by atoms with Crippen LogP contribution in [0.2, 0.25) is 5.02 Å². The monoisotopic (exact) mass is 285 g/mol. The molecule has 20 heavy (non-hydrogen) atoms. The molecule has 2 aromatic rings. The number of hydrogen-bond acceptors (Lipinski definition) is 1. The molecule has 1 unspecified atom stereocenters. The van der Waals surface area contributed by atoms with Crippen molar-refractivity contribution in [1.82, 2.24) is 0 Å². The quantitative estimate of drug-likeness (QED) is 0.819. The maximum atomic E-state index is 6.18. The molecule has 0 heterocycles. The topological polar surface area (TPSA) is 12.0 Å². The van der Waals surface area contributed by atoms with E-state index in [0.717, 1.165) is 22.8 Å². The van der Waals surface area contributed by atoms with Gasteiger partial charge in [0.05, 0.1) is 0 Å². The minimum atomic E-state index is 0.610. The zero-order valence-electron chi connectivity index (χ0n) is 11.8. The number of halogens is 1. The molecule has 0 bridgehead atoms. The number of anilines is 1. The van der Waals surface area contributed by atoms with Gasteiger partial charge in [0, 0.05) is 23.2 Å². The molecule has 1 aliphatic carbocycles. The number of hydrogen-bond donors (Lipinski definition) is 1. The van der Waals surface area contributed by atoms with Gasteiger partial charge in [0.1, 0.15) is 0 Å². The van der Waals surface area contributed by atoms with Crippen LogP contribution in [0.1, 0.15) is 35.4 Å². The lowest BCUT2D eigenvalue weighted by molar-refractivity contribution is 0.571. The number of aryl methyl sites for hydroxylation is 1. The van der Waals surface area contributed by atoms with Gasteiger partial charge >= 0.3 is 0 Å². The second kappa shape index (κ2) is 5.88. The van der Waals surface area contributed by atoms with E-state index in [9.17, 15) is 0 Å². The van der Waals surface area contributed by atoms with E-state index in [2.05, 4.69) is 42.6 Å². The number of benzene rings is 2. The SMILES string of the molecule is Cc1c(Cl)cccc1NCC1CCCc2ccccc21. The second-order valence-corrected chi connectivity index (χ2v) is 5.99. The van der Waals surface area contributed by atoms with Crippen LogP contribution in [-0.2, 0) is 6.42 Å². The Labute approximate surface area is 126 Å². The van der Waals surface area contributed by atoms with Gasteiger partial charge in [0.2, 0.25) is 0 Å². The number of fused-ring (bicyclic) bond motifs is 1. The van der Waals surface area contributed by atoms with Crippen molar-refractivity contribution in [1.29, 1.82) is 0 Å². The fraction of sp³-hybridized carbons (Fsp3) is 0.333. The van der Waals surface area contributed by atoms with E-state index in [-0.39, 0.29) is 0 Å². The first kappa shape index (κ1) is 13.5. The molecule has 0 saturated carbocycles. The van der Waals surface area contributed by atoms with Crippen LogP contribution in [0.15, 0.2) is 42.5 Å². The Bertz CT molecular complexity index is 606. The molecular formula is C18H20ClN. The molecule has 0 radical (unpaired) electrons. The summed E-state index contributed by atoms with van der Waals surface area (Å²) in [5.41, 5.74) is 5.33. The van der Waals surface area contributed by atoms with Crippen LogP contribution >= 0.6 is 11.6 Å². The molecule has 1 nitrogen and oxygen atoms in total. The van der Waals surface area contributed by atoms with Gasteiger partial charge in [-0.05, 0) is 55.0 Å². The van der Waals surface area contributed by atoms with Crippen LogP contribution in [0.3, 0.4) is 0 Å². The first-order chi connectivity index (χ1) is 9.75. The van der Waals surface area contributed by atoms with E-state index >= 15 is 0 Å². The van der Waals surface area contributed by atoms with Crippen LogP contribution in [0.5, 0.6) is 0 Å². The molecule has 0 aromatic heterocycles. The van der Waals surface area contributed by atoms with Gasteiger partial charge in [-0.1, -0.05) is 41.9 Å². The third kappa shape index (κ3) is 2.69. The molecule has 2 heteroatoms. The highest BCUT2D eigenvalue weighted by molar-refractivity contribution is 6.31. The van der Waals surface area contributed by atoms with E-state index in [1.165, 1.54) is 30.4 Å². The summed E-state index contributed by atoms with van der Waals surface area (Å²) < 4.78 is 0. The molecule has 0 saturated heterocycles. The van der Waals surface area contributed by atoms with E-state index in [1.807, 2.05) is 12.1 Å². The maximum absolute atomic E-state index is 6.18. The van der Waals surface area contributed by atoms with Gasteiger partial charge in [-0.3, -0.25) is 0 Å². The maximum Gasteiger partial charge on any atom is 0.0455 e. The summed E-state index contributed by atoms with van der Waals surface area (Å²) in [6.45, 7) is 3.05. The summed E-state index contributed by atoms with van der Waals surface area (Å²) in [6.07, 6.45) is 3.78. The van der Waals surface area contributed by atoms with Crippen molar-refractivity contribution in [3.8, 4) is 0 Å². The zero-order valence-corrected chi connectivity index (χ0v) is 12.6.